The third-order valence-corrected chi connectivity index (χ3v) is 10.9. The molecule has 0 aliphatic heterocycles. The zero-order chi connectivity index (χ0) is 31.9. The first-order valence-corrected chi connectivity index (χ1v) is 17.7. The topological polar surface area (TPSA) is 27.1 Å². The zero-order valence-electron chi connectivity index (χ0n) is 26.8. The Morgan fingerprint density at radius 1 is 0.739 bits per heavy atom. The number of ether oxygens (including phenoxy) is 1. The van der Waals surface area contributed by atoms with Gasteiger partial charge in [-0.1, -0.05) is 169 Å². The van der Waals surface area contributed by atoms with Gasteiger partial charge in [-0.2, -0.15) is 0 Å². The molecule has 0 radical (unpaired) electrons. The Hall–Kier alpha value is -4.87. The Morgan fingerprint density at radius 2 is 1.30 bits per heavy atom. The largest absolute Gasteiger partial charge is 0.494 e. The van der Waals surface area contributed by atoms with Gasteiger partial charge in [-0.05, 0) is 29.7 Å². The van der Waals surface area contributed by atoms with Crippen LogP contribution in [-0.4, -0.2) is 32.4 Å². The lowest BCUT2D eigenvalue weighted by molar-refractivity contribution is 0.306. The average Bonchev–Trinajstić information content (AvgIpc) is 3.67. The Kier molecular flexibility index (Phi) is 12.0. The molecule has 230 valence electrons. The van der Waals surface area contributed by atoms with Gasteiger partial charge < -0.3 is 9.30 Å². The second kappa shape index (κ2) is 17.0. The summed E-state index contributed by atoms with van der Waals surface area (Å²) in [5, 5.41) is 1.11. The molecule has 0 aliphatic carbocycles. The molecule has 0 saturated heterocycles. The monoisotopic (exact) mass is 618 g/mol. The lowest BCUT2D eigenvalue weighted by atomic mass is 9.41. The van der Waals surface area contributed by atoms with E-state index >= 15 is 0 Å². The van der Waals surface area contributed by atoms with E-state index in [0.717, 1.165) is 18.8 Å². The number of hydrogen-bond donors (Lipinski definition) is 0. The molecule has 0 atom stereocenters. The highest BCUT2D eigenvalue weighted by Gasteiger charge is 2.36. The molecule has 0 amide bonds. The highest BCUT2D eigenvalue weighted by atomic mass is 28.2. The van der Waals surface area contributed by atoms with Gasteiger partial charge in [-0.25, -0.2) is 4.98 Å². The van der Waals surface area contributed by atoms with Crippen molar-refractivity contribution in [1.29, 1.82) is 0 Å². The van der Waals surface area contributed by atoms with Crippen molar-refractivity contribution >= 4 is 32.3 Å². The maximum Gasteiger partial charge on any atom is 0.233 e. The lowest BCUT2D eigenvalue weighted by Gasteiger charge is -2.37. The summed E-state index contributed by atoms with van der Waals surface area (Å²) in [5.41, 5.74) is 5.16. The van der Waals surface area contributed by atoms with Gasteiger partial charge in [0.15, 0.2) is 0 Å². The molecule has 0 unspecified atom stereocenters. The summed E-state index contributed by atoms with van der Waals surface area (Å²) >= 11 is 0. The van der Waals surface area contributed by atoms with Crippen LogP contribution >= 0.6 is 0 Å². The smallest absolute Gasteiger partial charge is 0.233 e. The van der Waals surface area contributed by atoms with Crippen LogP contribution in [0.3, 0.4) is 0 Å². The Labute approximate surface area is 277 Å². The average molecular weight is 619 g/mol. The molecule has 5 heteroatoms. The fourth-order valence-electron chi connectivity index (χ4n) is 6.04. The second-order valence-corrected chi connectivity index (χ2v) is 13.7. The quantitative estimate of drug-likeness (QED) is 0.106. The Balaban J connectivity index is 0.000000232. The second-order valence-electron chi connectivity index (χ2n) is 11.5. The number of rotatable bonds is 13. The number of nitrogens with zero attached hydrogens (tertiary/aromatic N) is 2. The van der Waals surface area contributed by atoms with Gasteiger partial charge in [0.1, 0.15) is 5.75 Å². The molecule has 0 aliphatic rings. The highest BCUT2D eigenvalue weighted by molar-refractivity contribution is 6.89. The molecule has 0 N–H and O–H groups in total. The first kappa shape index (κ1) is 32.5. The third kappa shape index (κ3) is 8.23. The number of aromatic nitrogens is 2. The lowest BCUT2D eigenvalue weighted by Crippen LogP contribution is -2.46. The molecule has 6 aromatic rings. The number of benzene rings is 5. The van der Waals surface area contributed by atoms with E-state index in [-0.39, 0.29) is 5.16 Å². The van der Waals surface area contributed by atoms with Crippen molar-refractivity contribution in [2.24, 2.45) is 0 Å². The van der Waals surface area contributed by atoms with Gasteiger partial charge >= 0.3 is 0 Å². The minimum Gasteiger partial charge on any atom is -0.494 e. The van der Waals surface area contributed by atoms with Crippen LogP contribution in [0.15, 0.2) is 177 Å². The van der Waals surface area contributed by atoms with E-state index in [4.69, 9.17) is 4.74 Å². The standard InChI is InChI=1S/C27H30N2OSi.C14H13B/c1-2-3-10-20-30-25-16-11-17-26(21-25)31-27(29-19-18-28-22-29,23-12-6-4-7-13-23)24-14-8-5-9-15-24;1-2-15(13-9-5-3-6-10-13)14-11-7-4-8-12-14/h4-9,11-19,21-22H,2-3,10,20,31H2,1H3;2-12H,1H2. The molecule has 5 aromatic carbocycles. The summed E-state index contributed by atoms with van der Waals surface area (Å²) < 4.78 is 8.36. The normalized spacial score (nSPS) is 11.1. The molecule has 0 fully saturated rings. The predicted molar refractivity (Wildman–Crippen MR) is 199 cm³/mol. The molecular formula is C41H43BN2OSi. The highest BCUT2D eigenvalue weighted by Crippen LogP contribution is 2.33. The maximum atomic E-state index is 6.07. The van der Waals surface area contributed by atoms with Crippen LogP contribution in [0.4, 0.5) is 0 Å². The van der Waals surface area contributed by atoms with E-state index in [1.807, 2.05) is 30.6 Å². The first-order valence-electron chi connectivity index (χ1n) is 16.3. The molecule has 6 rings (SSSR count). The van der Waals surface area contributed by atoms with E-state index in [9.17, 15) is 0 Å². The van der Waals surface area contributed by atoms with Crippen molar-refractivity contribution in [3.8, 4) is 5.75 Å². The fraction of sp³-hybridized carbons (Fsp3) is 0.146. The van der Waals surface area contributed by atoms with E-state index in [2.05, 4.69) is 163 Å². The minimum absolute atomic E-state index is 0.264. The van der Waals surface area contributed by atoms with Gasteiger partial charge in [-0.3, -0.25) is 0 Å². The van der Waals surface area contributed by atoms with E-state index < -0.39 is 9.52 Å². The maximum absolute atomic E-state index is 6.07. The molecular weight excluding hydrogens is 575 g/mol. The molecule has 46 heavy (non-hydrogen) atoms. The van der Waals surface area contributed by atoms with Crippen LogP contribution in [0.25, 0.3) is 0 Å². The molecule has 0 saturated carbocycles. The Morgan fingerprint density at radius 3 is 1.80 bits per heavy atom. The van der Waals surface area contributed by atoms with E-state index in [1.54, 1.807) is 0 Å². The van der Waals surface area contributed by atoms with Crippen LogP contribution in [0, 0.1) is 0 Å². The summed E-state index contributed by atoms with van der Waals surface area (Å²) in [7, 11) is -0.881. The molecule has 1 heterocycles. The summed E-state index contributed by atoms with van der Waals surface area (Å²) in [6.07, 6.45) is 9.45. The van der Waals surface area contributed by atoms with Crippen LogP contribution in [0.1, 0.15) is 37.3 Å². The van der Waals surface area contributed by atoms with Crippen molar-refractivity contribution in [2.45, 2.75) is 31.3 Å². The molecule has 0 bridgehead atoms. The fourth-order valence-corrected chi connectivity index (χ4v) is 8.44. The van der Waals surface area contributed by atoms with Crippen molar-refractivity contribution < 1.29 is 4.74 Å². The van der Waals surface area contributed by atoms with Crippen LogP contribution in [-0.2, 0) is 5.16 Å². The molecule has 0 spiro atoms. The van der Waals surface area contributed by atoms with Gasteiger partial charge in [0, 0.05) is 12.4 Å². The summed E-state index contributed by atoms with van der Waals surface area (Å²) in [5.74, 6) is 2.96. The van der Waals surface area contributed by atoms with Gasteiger partial charge in [0.05, 0.1) is 27.6 Å². The molecule has 3 nitrogen and oxygen atoms in total. The third-order valence-electron chi connectivity index (χ3n) is 8.38. The Bertz CT molecular complexity index is 1630. The summed E-state index contributed by atoms with van der Waals surface area (Å²) in [6.45, 7) is 7.21. The van der Waals surface area contributed by atoms with Crippen molar-refractivity contribution in [2.75, 3.05) is 6.61 Å². The van der Waals surface area contributed by atoms with Crippen LogP contribution in [0.5, 0.6) is 5.75 Å². The van der Waals surface area contributed by atoms with Gasteiger partial charge in [0.25, 0.3) is 0 Å². The summed E-state index contributed by atoms with van der Waals surface area (Å²) in [6, 6.07) is 51.2. The van der Waals surface area contributed by atoms with Crippen LogP contribution < -0.4 is 20.8 Å². The van der Waals surface area contributed by atoms with Gasteiger partial charge in [0.2, 0.25) is 6.71 Å². The van der Waals surface area contributed by atoms with Crippen LogP contribution in [0.2, 0.25) is 0 Å². The predicted octanol–water partition coefficient (Wildman–Crippen LogP) is 6.72. The SMILES string of the molecule is C=CB(c1ccccc1)c1ccccc1.CCCCCOc1cccc([SiH2]C(c2ccccc2)(c2ccccc2)n2ccnc2)c1. The minimum atomic E-state index is -0.881. The van der Waals surface area contributed by atoms with E-state index in [1.165, 1.54) is 40.1 Å². The number of imidazole rings is 1. The van der Waals surface area contributed by atoms with Crippen molar-refractivity contribution in [1.82, 2.24) is 9.55 Å². The number of hydrogen-bond acceptors (Lipinski definition) is 2. The first-order chi connectivity index (χ1) is 22.7. The zero-order valence-corrected chi connectivity index (χ0v) is 28.2. The van der Waals surface area contributed by atoms with Gasteiger partial charge in [-0.15, -0.1) is 12.6 Å². The molecule has 1 aromatic heterocycles. The number of unbranched alkanes of at least 4 members (excludes halogenated alkanes) is 2. The summed E-state index contributed by atoms with van der Waals surface area (Å²) in [4.78, 5) is 4.42. The van der Waals surface area contributed by atoms with Crippen molar-refractivity contribution in [3.63, 3.8) is 0 Å². The van der Waals surface area contributed by atoms with E-state index in [0.29, 0.717) is 6.71 Å². The van der Waals surface area contributed by atoms with Crippen molar-refractivity contribution in [3.05, 3.63) is 188 Å².